The number of pyridine rings is 1. The highest BCUT2D eigenvalue weighted by Gasteiger charge is 2.19. The summed E-state index contributed by atoms with van der Waals surface area (Å²) in [4.78, 5) is 20.5. The molecular weight excluding hydrogens is 290 g/mol. The van der Waals surface area contributed by atoms with Crippen molar-refractivity contribution in [3.63, 3.8) is 0 Å². The number of rotatable bonds is 4. The molecule has 2 aromatic rings. The van der Waals surface area contributed by atoms with E-state index in [0.29, 0.717) is 5.76 Å². The molecule has 0 N–H and O–H groups in total. The Morgan fingerprint density at radius 1 is 1.17 bits per heavy atom. The van der Waals surface area contributed by atoms with Gasteiger partial charge < -0.3 is 9.32 Å². The summed E-state index contributed by atoms with van der Waals surface area (Å²) in [5.74, 6) is 1.61. The first-order valence-corrected chi connectivity index (χ1v) is 7.85. The molecule has 0 atom stereocenters. The van der Waals surface area contributed by atoms with Crippen molar-refractivity contribution in [3.05, 3.63) is 59.8 Å². The second-order valence-corrected chi connectivity index (χ2v) is 5.74. The number of piperazine rings is 1. The van der Waals surface area contributed by atoms with E-state index >= 15 is 0 Å². The average Bonchev–Trinajstić information content (AvgIpc) is 3.00. The minimum atomic E-state index is 0.0441. The van der Waals surface area contributed by atoms with Crippen LogP contribution in [0.5, 0.6) is 0 Å². The number of nitrogens with zero attached hydrogens (tertiary/aromatic N) is 3. The van der Waals surface area contributed by atoms with Crippen LogP contribution in [0.3, 0.4) is 0 Å². The fraction of sp³-hybridized carbons (Fsp3) is 0.333. The Bertz CT molecular complexity index is 671. The van der Waals surface area contributed by atoms with Gasteiger partial charge >= 0.3 is 0 Å². The Morgan fingerprint density at radius 2 is 1.91 bits per heavy atom. The topological polar surface area (TPSA) is 49.6 Å². The summed E-state index contributed by atoms with van der Waals surface area (Å²) < 4.78 is 5.43. The van der Waals surface area contributed by atoms with Crippen molar-refractivity contribution in [1.29, 1.82) is 0 Å². The van der Waals surface area contributed by atoms with Crippen LogP contribution in [0.15, 0.2) is 47.2 Å². The van der Waals surface area contributed by atoms with Crippen molar-refractivity contribution in [2.75, 3.05) is 26.2 Å². The van der Waals surface area contributed by atoms with Crippen LogP contribution in [-0.2, 0) is 11.3 Å². The Balaban J connectivity index is 1.48. The summed E-state index contributed by atoms with van der Waals surface area (Å²) in [6, 6.07) is 7.82. The third-order valence-electron chi connectivity index (χ3n) is 3.99. The van der Waals surface area contributed by atoms with Crippen molar-refractivity contribution in [3.8, 4) is 0 Å². The molecule has 5 heteroatoms. The molecule has 1 saturated heterocycles. The molecule has 5 nitrogen and oxygen atoms in total. The van der Waals surface area contributed by atoms with Crippen LogP contribution in [-0.4, -0.2) is 46.9 Å². The van der Waals surface area contributed by atoms with E-state index in [1.54, 1.807) is 12.2 Å². The maximum absolute atomic E-state index is 12.2. The van der Waals surface area contributed by atoms with E-state index in [4.69, 9.17) is 4.42 Å². The Labute approximate surface area is 136 Å². The molecule has 2 aromatic heterocycles. The quantitative estimate of drug-likeness (QED) is 0.813. The predicted molar refractivity (Wildman–Crippen MR) is 88.6 cm³/mol. The number of carbonyl (C=O) groups excluding carboxylic acids is 1. The van der Waals surface area contributed by atoms with Crippen LogP contribution in [0.2, 0.25) is 0 Å². The van der Waals surface area contributed by atoms with E-state index < -0.39 is 0 Å². The lowest BCUT2D eigenvalue weighted by atomic mass is 10.2. The molecular formula is C18H21N3O2. The summed E-state index contributed by atoms with van der Waals surface area (Å²) in [5, 5.41) is 0. The molecule has 0 radical (unpaired) electrons. The normalized spacial score (nSPS) is 16.1. The molecule has 0 saturated carbocycles. The summed E-state index contributed by atoms with van der Waals surface area (Å²) in [7, 11) is 0. The molecule has 3 heterocycles. The van der Waals surface area contributed by atoms with E-state index in [2.05, 4.69) is 9.88 Å². The molecule has 0 aromatic carbocycles. The highest BCUT2D eigenvalue weighted by molar-refractivity contribution is 5.91. The van der Waals surface area contributed by atoms with Crippen LogP contribution in [0.1, 0.15) is 17.1 Å². The van der Waals surface area contributed by atoms with Gasteiger partial charge in [-0.1, -0.05) is 0 Å². The van der Waals surface area contributed by atoms with Crippen LogP contribution in [0.4, 0.5) is 0 Å². The molecule has 0 bridgehead atoms. The summed E-state index contributed by atoms with van der Waals surface area (Å²) in [6.07, 6.45) is 6.96. The maximum atomic E-state index is 12.2. The smallest absolute Gasteiger partial charge is 0.246 e. The van der Waals surface area contributed by atoms with Gasteiger partial charge in [-0.15, -0.1) is 0 Å². The zero-order chi connectivity index (χ0) is 16.1. The van der Waals surface area contributed by atoms with Crippen LogP contribution >= 0.6 is 0 Å². The van der Waals surface area contributed by atoms with E-state index in [9.17, 15) is 4.79 Å². The standard InChI is InChI=1S/C18H21N3O2/c1-15-2-3-17(23-15)4-5-18(22)21-12-10-20(11-13-21)14-16-6-8-19-9-7-16/h2-9H,10-14H2,1H3/b5-4+. The highest BCUT2D eigenvalue weighted by Crippen LogP contribution is 2.10. The zero-order valence-corrected chi connectivity index (χ0v) is 13.3. The lowest BCUT2D eigenvalue weighted by Gasteiger charge is -2.34. The fourth-order valence-corrected chi connectivity index (χ4v) is 2.67. The second kappa shape index (κ2) is 7.24. The Kier molecular flexibility index (Phi) is 4.88. The largest absolute Gasteiger partial charge is 0.462 e. The van der Waals surface area contributed by atoms with E-state index in [-0.39, 0.29) is 5.91 Å². The second-order valence-electron chi connectivity index (χ2n) is 5.74. The third kappa shape index (κ3) is 4.29. The van der Waals surface area contributed by atoms with Crippen LogP contribution in [0, 0.1) is 6.92 Å². The number of hydrogen-bond acceptors (Lipinski definition) is 4. The fourth-order valence-electron chi connectivity index (χ4n) is 2.67. The molecule has 1 aliphatic rings. The van der Waals surface area contributed by atoms with Gasteiger partial charge in [-0.25, -0.2) is 0 Å². The SMILES string of the molecule is Cc1ccc(/C=C/C(=O)N2CCN(Cc3ccncc3)CC2)o1. The third-order valence-corrected chi connectivity index (χ3v) is 3.99. The molecule has 0 unspecified atom stereocenters. The maximum Gasteiger partial charge on any atom is 0.246 e. The molecule has 1 amide bonds. The minimum absolute atomic E-state index is 0.0441. The first-order valence-electron chi connectivity index (χ1n) is 7.85. The van der Waals surface area contributed by atoms with Crippen LogP contribution in [0.25, 0.3) is 6.08 Å². The van der Waals surface area contributed by atoms with Gasteiger partial charge in [0.05, 0.1) is 0 Å². The summed E-state index contributed by atoms with van der Waals surface area (Å²) >= 11 is 0. The van der Waals surface area contributed by atoms with Crippen molar-refractivity contribution in [2.24, 2.45) is 0 Å². The Hall–Kier alpha value is -2.40. The molecule has 3 rings (SSSR count). The number of amides is 1. The monoisotopic (exact) mass is 311 g/mol. The highest BCUT2D eigenvalue weighted by atomic mass is 16.3. The van der Waals surface area contributed by atoms with Gasteiger partial charge in [-0.2, -0.15) is 0 Å². The first kappa shape index (κ1) is 15.5. The molecule has 0 aliphatic carbocycles. The number of hydrogen-bond donors (Lipinski definition) is 0. The van der Waals surface area contributed by atoms with Gasteiger partial charge in [0, 0.05) is 51.2 Å². The van der Waals surface area contributed by atoms with E-state index in [0.717, 1.165) is 38.5 Å². The van der Waals surface area contributed by atoms with E-state index in [1.165, 1.54) is 5.56 Å². The van der Waals surface area contributed by atoms with Crippen molar-refractivity contribution in [1.82, 2.24) is 14.8 Å². The van der Waals surface area contributed by atoms with Gasteiger partial charge in [-0.3, -0.25) is 14.7 Å². The molecule has 0 spiro atoms. The zero-order valence-electron chi connectivity index (χ0n) is 13.3. The van der Waals surface area contributed by atoms with Gasteiger partial charge in [0.2, 0.25) is 5.91 Å². The summed E-state index contributed by atoms with van der Waals surface area (Å²) in [5.41, 5.74) is 1.26. The average molecular weight is 311 g/mol. The number of aryl methyl sites for hydroxylation is 1. The van der Waals surface area contributed by atoms with Gasteiger partial charge in [0.1, 0.15) is 11.5 Å². The lowest BCUT2D eigenvalue weighted by Crippen LogP contribution is -2.47. The van der Waals surface area contributed by atoms with Gasteiger partial charge in [0.15, 0.2) is 0 Å². The Morgan fingerprint density at radius 3 is 2.57 bits per heavy atom. The van der Waals surface area contributed by atoms with Crippen molar-refractivity contribution >= 4 is 12.0 Å². The van der Waals surface area contributed by atoms with Gasteiger partial charge in [-0.05, 0) is 42.8 Å². The number of carbonyl (C=O) groups is 1. The predicted octanol–water partition coefficient (Wildman–Crippen LogP) is 2.34. The summed E-state index contributed by atoms with van der Waals surface area (Å²) in [6.45, 7) is 6.09. The molecule has 23 heavy (non-hydrogen) atoms. The molecule has 1 aliphatic heterocycles. The lowest BCUT2D eigenvalue weighted by molar-refractivity contribution is -0.127. The minimum Gasteiger partial charge on any atom is -0.462 e. The van der Waals surface area contributed by atoms with Crippen molar-refractivity contribution in [2.45, 2.75) is 13.5 Å². The first-order chi connectivity index (χ1) is 11.2. The number of furan rings is 1. The van der Waals surface area contributed by atoms with Crippen LogP contribution < -0.4 is 0 Å². The number of aromatic nitrogens is 1. The van der Waals surface area contributed by atoms with Crippen molar-refractivity contribution < 1.29 is 9.21 Å². The van der Waals surface area contributed by atoms with E-state index in [1.807, 2.05) is 48.5 Å². The molecule has 120 valence electrons. The van der Waals surface area contributed by atoms with Gasteiger partial charge in [0.25, 0.3) is 0 Å². The molecule has 1 fully saturated rings.